The molecule has 0 aliphatic carbocycles. The van der Waals surface area contributed by atoms with E-state index >= 15 is 0 Å². The van der Waals surface area contributed by atoms with Crippen LogP contribution in [0.4, 0.5) is 13.2 Å². The van der Waals surface area contributed by atoms with E-state index in [-0.39, 0.29) is 6.04 Å². The standard InChI is InChI=1S/C11H20F3NO2/c1-8(2)4-5-9(3)15(6-10(16)17)7-11(12,13)14/h8-9H,4-7H2,1-3H3,(H,16,17). The Labute approximate surface area is 99.6 Å². The van der Waals surface area contributed by atoms with Gasteiger partial charge in [0.05, 0.1) is 13.1 Å². The highest BCUT2D eigenvalue weighted by Gasteiger charge is 2.33. The zero-order chi connectivity index (χ0) is 13.6. The van der Waals surface area contributed by atoms with Gasteiger partial charge in [-0.15, -0.1) is 0 Å². The van der Waals surface area contributed by atoms with Crippen molar-refractivity contribution in [3.63, 3.8) is 0 Å². The van der Waals surface area contributed by atoms with E-state index in [2.05, 4.69) is 0 Å². The van der Waals surface area contributed by atoms with Crippen LogP contribution in [-0.4, -0.2) is 41.3 Å². The van der Waals surface area contributed by atoms with Crippen LogP contribution in [-0.2, 0) is 4.79 Å². The van der Waals surface area contributed by atoms with Crippen molar-refractivity contribution >= 4 is 5.97 Å². The summed E-state index contributed by atoms with van der Waals surface area (Å²) in [5.74, 6) is -0.833. The van der Waals surface area contributed by atoms with Crippen molar-refractivity contribution < 1.29 is 23.1 Å². The molecular weight excluding hydrogens is 235 g/mol. The minimum absolute atomic E-state index is 0.380. The number of carboxylic acid groups (broad SMARTS) is 1. The van der Waals surface area contributed by atoms with Crippen molar-refractivity contribution in [2.45, 2.75) is 45.8 Å². The molecule has 102 valence electrons. The normalized spacial score (nSPS) is 14.4. The molecule has 0 aliphatic heterocycles. The van der Waals surface area contributed by atoms with Gasteiger partial charge in [0.2, 0.25) is 0 Å². The van der Waals surface area contributed by atoms with Crippen LogP contribution < -0.4 is 0 Å². The number of hydrogen-bond acceptors (Lipinski definition) is 2. The van der Waals surface area contributed by atoms with Crippen LogP contribution in [0.25, 0.3) is 0 Å². The van der Waals surface area contributed by atoms with Gasteiger partial charge in [-0.1, -0.05) is 13.8 Å². The summed E-state index contributed by atoms with van der Waals surface area (Å²) in [6, 6.07) is -0.380. The van der Waals surface area contributed by atoms with E-state index in [1.54, 1.807) is 6.92 Å². The van der Waals surface area contributed by atoms with Gasteiger partial charge in [-0.05, 0) is 25.7 Å². The smallest absolute Gasteiger partial charge is 0.401 e. The fraction of sp³-hybridized carbons (Fsp3) is 0.909. The highest BCUT2D eigenvalue weighted by Crippen LogP contribution is 2.20. The third-order valence-electron chi connectivity index (χ3n) is 2.51. The first kappa shape index (κ1) is 16.2. The number of hydrogen-bond donors (Lipinski definition) is 1. The highest BCUT2D eigenvalue weighted by molar-refractivity contribution is 5.69. The van der Waals surface area contributed by atoms with Gasteiger partial charge in [-0.25, -0.2) is 0 Å². The Morgan fingerprint density at radius 1 is 1.24 bits per heavy atom. The van der Waals surface area contributed by atoms with Gasteiger partial charge in [-0.2, -0.15) is 13.2 Å². The summed E-state index contributed by atoms with van der Waals surface area (Å²) in [7, 11) is 0. The minimum Gasteiger partial charge on any atom is -0.480 e. The lowest BCUT2D eigenvalue weighted by molar-refractivity contribution is -0.157. The van der Waals surface area contributed by atoms with Gasteiger partial charge in [0.15, 0.2) is 0 Å². The molecule has 0 aromatic carbocycles. The maximum Gasteiger partial charge on any atom is 0.401 e. The number of rotatable bonds is 7. The van der Waals surface area contributed by atoms with E-state index in [1.807, 2.05) is 13.8 Å². The molecule has 0 saturated carbocycles. The Kier molecular flexibility index (Phi) is 6.52. The molecular formula is C11H20F3NO2. The van der Waals surface area contributed by atoms with Crippen LogP contribution in [0.2, 0.25) is 0 Å². The SMILES string of the molecule is CC(C)CCC(C)N(CC(=O)O)CC(F)(F)F. The van der Waals surface area contributed by atoms with Crippen LogP contribution in [0.5, 0.6) is 0 Å². The number of carbonyl (C=O) groups is 1. The molecule has 0 saturated heterocycles. The predicted octanol–water partition coefficient (Wildman–Crippen LogP) is 2.76. The van der Waals surface area contributed by atoms with Crippen molar-refractivity contribution in [3.05, 3.63) is 0 Å². The lowest BCUT2D eigenvalue weighted by atomic mass is 10.0. The molecule has 0 radical (unpaired) electrons. The van der Waals surface area contributed by atoms with Gasteiger partial charge in [0, 0.05) is 6.04 Å². The molecule has 0 spiro atoms. The summed E-state index contributed by atoms with van der Waals surface area (Å²) in [6.07, 6.45) is -3.00. The van der Waals surface area contributed by atoms with Crippen molar-refractivity contribution in [2.75, 3.05) is 13.1 Å². The monoisotopic (exact) mass is 255 g/mol. The molecule has 1 atom stereocenters. The average molecular weight is 255 g/mol. The van der Waals surface area contributed by atoms with Crippen LogP contribution in [0, 0.1) is 5.92 Å². The number of carboxylic acids is 1. The minimum atomic E-state index is -4.36. The second-order valence-corrected chi connectivity index (χ2v) is 4.73. The van der Waals surface area contributed by atoms with Crippen molar-refractivity contribution in [1.29, 1.82) is 0 Å². The largest absolute Gasteiger partial charge is 0.480 e. The van der Waals surface area contributed by atoms with Gasteiger partial charge < -0.3 is 5.11 Å². The highest BCUT2D eigenvalue weighted by atomic mass is 19.4. The second-order valence-electron chi connectivity index (χ2n) is 4.73. The molecule has 0 aliphatic rings. The fourth-order valence-corrected chi connectivity index (χ4v) is 1.53. The zero-order valence-electron chi connectivity index (χ0n) is 10.4. The Balaban J connectivity index is 4.39. The number of nitrogens with zero attached hydrogens (tertiary/aromatic N) is 1. The van der Waals surface area contributed by atoms with Crippen molar-refractivity contribution in [3.8, 4) is 0 Å². The maximum absolute atomic E-state index is 12.3. The van der Waals surface area contributed by atoms with Gasteiger partial charge in [-0.3, -0.25) is 9.69 Å². The van der Waals surface area contributed by atoms with E-state index in [0.717, 1.165) is 11.3 Å². The summed E-state index contributed by atoms with van der Waals surface area (Å²) >= 11 is 0. The van der Waals surface area contributed by atoms with E-state index in [1.165, 1.54) is 0 Å². The van der Waals surface area contributed by atoms with Crippen LogP contribution in [0.3, 0.4) is 0 Å². The van der Waals surface area contributed by atoms with Crippen molar-refractivity contribution in [2.24, 2.45) is 5.92 Å². The molecule has 0 fully saturated rings. The predicted molar refractivity (Wildman–Crippen MR) is 58.8 cm³/mol. The fourth-order valence-electron chi connectivity index (χ4n) is 1.53. The summed E-state index contributed by atoms with van der Waals surface area (Å²) in [5, 5.41) is 8.60. The number of halogens is 3. The topological polar surface area (TPSA) is 40.5 Å². The average Bonchev–Trinajstić information content (AvgIpc) is 2.09. The Morgan fingerprint density at radius 3 is 2.12 bits per heavy atom. The lowest BCUT2D eigenvalue weighted by Gasteiger charge is -2.28. The Morgan fingerprint density at radius 2 is 1.76 bits per heavy atom. The molecule has 0 aromatic heterocycles. The zero-order valence-corrected chi connectivity index (χ0v) is 10.4. The number of alkyl halides is 3. The second kappa shape index (κ2) is 6.83. The summed E-state index contributed by atoms with van der Waals surface area (Å²) in [4.78, 5) is 11.5. The molecule has 0 aromatic rings. The molecule has 0 heterocycles. The first-order chi connectivity index (χ1) is 7.61. The summed E-state index contributed by atoms with van der Waals surface area (Å²) in [5.41, 5.74) is 0. The van der Waals surface area contributed by atoms with Crippen molar-refractivity contribution in [1.82, 2.24) is 4.90 Å². The molecule has 6 heteroatoms. The first-order valence-electron chi connectivity index (χ1n) is 5.64. The quantitative estimate of drug-likeness (QED) is 0.760. The van der Waals surface area contributed by atoms with Gasteiger partial charge >= 0.3 is 12.1 Å². The van der Waals surface area contributed by atoms with Crippen LogP contribution in [0.15, 0.2) is 0 Å². The Hall–Kier alpha value is -0.780. The van der Waals surface area contributed by atoms with Gasteiger partial charge in [0.25, 0.3) is 0 Å². The van der Waals surface area contributed by atoms with Crippen LogP contribution >= 0.6 is 0 Å². The third kappa shape index (κ3) is 8.97. The molecule has 1 N–H and O–H groups in total. The molecule has 0 amide bonds. The lowest BCUT2D eigenvalue weighted by Crippen LogP contribution is -2.43. The van der Waals surface area contributed by atoms with E-state index < -0.39 is 25.2 Å². The maximum atomic E-state index is 12.3. The molecule has 1 unspecified atom stereocenters. The summed E-state index contributed by atoms with van der Waals surface area (Å²) < 4.78 is 36.8. The molecule has 0 rings (SSSR count). The molecule has 0 bridgehead atoms. The van der Waals surface area contributed by atoms with E-state index in [0.29, 0.717) is 12.3 Å². The first-order valence-corrected chi connectivity index (χ1v) is 5.64. The Bertz CT molecular complexity index is 241. The van der Waals surface area contributed by atoms with Gasteiger partial charge in [0.1, 0.15) is 0 Å². The molecule has 17 heavy (non-hydrogen) atoms. The number of aliphatic carboxylic acids is 1. The molecule has 3 nitrogen and oxygen atoms in total. The van der Waals surface area contributed by atoms with E-state index in [9.17, 15) is 18.0 Å². The summed E-state index contributed by atoms with van der Waals surface area (Å²) in [6.45, 7) is 3.87. The van der Waals surface area contributed by atoms with Crippen LogP contribution in [0.1, 0.15) is 33.6 Å². The van der Waals surface area contributed by atoms with E-state index in [4.69, 9.17) is 5.11 Å². The third-order valence-corrected chi connectivity index (χ3v) is 2.51.